The van der Waals surface area contributed by atoms with E-state index in [0.29, 0.717) is 0 Å². The number of benzene rings is 2. The normalized spacial score (nSPS) is 12.2. The average molecular weight is 333 g/mol. The van der Waals surface area contributed by atoms with Gasteiger partial charge in [-0.25, -0.2) is 30.7 Å². The van der Waals surface area contributed by atoms with Crippen LogP contribution in [0.1, 0.15) is 0 Å². The Morgan fingerprint density at radius 2 is 0.857 bits per heavy atom. The van der Waals surface area contributed by atoms with E-state index in [1.165, 1.54) is 0 Å². The molecule has 0 heterocycles. The van der Waals surface area contributed by atoms with Crippen molar-refractivity contribution in [3.05, 3.63) is 40.7 Å². The molecule has 0 aromatic heterocycles. The predicted molar refractivity (Wildman–Crippen MR) is 51.5 cm³/mol. The van der Waals surface area contributed by atoms with Gasteiger partial charge in [-0.1, -0.05) is 4.55 Å². The lowest BCUT2D eigenvalue weighted by Crippen LogP contribution is -2.11. The maximum Gasteiger partial charge on any atom is 0.328 e. The molecule has 0 bridgehead atoms. The Morgan fingerprint density at radius 3 is 1.24 bits per heavy atom. The van der Waals surface area contributed by atoms with Crippen LogP contribution in [0.25, 0.3) is 10.8 Å². The number of fused-ring (bicyclic) bond motifs is 1. The molecule has 0 fully saturated rings. The van der Waals surface area contributed by atoms with Gasteiger partial charge in [0.15, 0.2) is 40.7 Å². The summed E-state index contributed by atoms with van der Waals surface area (Å²) in [6.45, 7) is 0. The second-order valence-electron chi connectivity index (χ2n) is 3.73. The number of hydrogen-bond acceptors (Lipinski definition) is 2. The fourth-order valence-corrected chi connectivity index (χ4v) is 2.45. The van der Waals surface area contributed by atoms with E-state index >= 15 is 0 Å². The lowest BCUT2D eigenvalue weighted by molar-refractivity contribution is 0.390. The van der Waals surface area contributed by atoms with E-state index in [9.17, 15) is 43.7 Å². The summed E-state index contributed by atoms with van der Waals surface area (Å²) in [6.07, 6.45) is 0. The molecule has 1 radical (unpaired) electrons. The molecular weight excluding hydrogens is 333 g/mol. The van der Waals surface area contributed by atoms with E-state index in [1.54, 1.807) is 0 Å². The molecule has 11 heteroatoms. The highest BCUT2D eigenvalue weighted by Gasteiger charge is 2.35. The van der Waals surface area contributed by atoms with Crippen molar-refractivity contribution in [1.29, 1.82) is 0 Å². The van der Waals surface area contributed by atoms with Crippen LogP contribution < -0.4 is 0 Å². The first kappa shape index (κ1) is 15.5. The van der Waals surface area contributed by atoms with Gasteiger partial charge in [-0.3, -0.25) is 0 Å². The van der Waals surface area contributed by atoms with Gasteiger partial charge in [-0.05, 0) is 0 Å². The van der Waals surface area contributed by atoms with Crippen molar-refractivity contribution in [2.75, 3.05) is 0 Å². The van der Waals surface area contributed by atoms with Crippen molar-refractivity contribution in [2.24, 2.45) is 0 Å². The van der Waals surface area contributed by atoms with Crippen molar-refractivity contribution < 1.29 is 43.7 Å². The van der Waals surface area contributed by atoms with Crippen molar-refractivity contribution >= 4 is 20.9 Å². The summed E-state index contributed by atoms with van der Waals surface area (Å²) in [4.78, 5) is -2.35. The van der Waals surface area contributed by atoms with Crippen LogP contribution in [-0.2, 0) is 14.7 Å². The maximum absolute atomic E-state index is 13.5. The number of rotatable bonds is 1. The maximum atomic E-state index is 13.5. The SMILES string of the molecule is [O]S(=O)(=O)c1c(F)c(F)c(F)c2c(F)c(F)c(F)c(F)c12. The van der Waals surface area contributed by atoms with E-state index in [0.717, 1.165) is 0 Å². The van der Waals surface area contributed by atoms with Gasteiger partial charge in [0, 0.05) is 0 Å². The Hall–Kier alpha value is -1.88. The van der Waals surface area contributed by atoms with Gasteiger partial charge < -0.3 is 0 Å². The van der Waals surface area contributed by atoms with Crippen molar-refractivity contribution in [1.82, 2.24) is 0 Å². The van der Waals surface area contributed by atoms with E-state index in [-0.39, 0.29) is 0 Å². The molecular formula is C10F7O3S. The Labute approximate surface area is 111 Å². The van der Waals surface area contributed by atoms with Gasteiger partial charge in [-0.15, -0.1) is 0 Å². The van der Waals surface area contributed by atoms with Crippen LogP contribution in [0.5, 0.6) is 0 Å². The lowest BCUT2D eigenvalue weighted by atomic mass is 10.1. The average Bonchev–Trinajstić information content (AvgIpc) is 2.38. The highest BCUT2D eigenvalue weighted by atomic mass is 32.2. The first-order chi connectivity index (χ1) is 9.50. The summed E-state index contributed by atoms with van der Waals surface area (Å²) < 4.78 is 125. The van der Waals surface area contributed by atoms with Crippen LogP contribution in [-0.4, -0.2) is 8.42 Å². The largest absolute Gasteiger partial charge is 0.328 e. The van der Waals surface area contributed by atoms with E-state index in [4.69, 9.17) is 0 Å². The molecule has 0 saturated carbocycles. The van der Waals surface area contributed by atoms with Crippen LogP contribution >= 0.6 is 0 Å². The molecule has 2 aromatic carbocycles. The Balaban J connectivity index is 3.35. The summed E-state index contributed by atoms with van der Waals surface area (Å²) in [6, 6.07) is 0. The van der Waals surface area contributed by atoms with Gasteiger partial charge in [0.05, 0.1) is 10.8 Å². The third kappa shape index (κ3) is 2.03. The monoisotopic (exact) mass is 333 g/mol. The third-order valence-electron chi connectivity index (χ3n) is 2.55. The molecule has 113 valence electrons. The zero-order valence-electron chi connectivity index (χ0n) is 9.28. The molecule has 0 aliphatic carbocycles. The molecule has 0 amide bonds. The minimum atomic E-state index is -6.00. The van der Waals surface area contributed by atoms with Crippen molar-refractivity contribution in [3.8, 4) is 0 Å². The molecule has 0 spiro atoms. The topological polar surface area (TPSA) is 54.0 Å². The second-order valence-corrected chi connectivity index (χ2v) is 5.05. The summed E-state index contributed by atoms with van der Waals surface area (Å²) in [5, 5.41) is -4.07. The van der Waals surface area contributed by atoms with Gasteiger partial charge >= 0.3 is 10.1 Å². The van der Waals surface area contributed by atoms with Crippen molar-refractivity contribution in [3.63, 3.8) is 0 Å². The summed E-state index contributed by atoms with van der Waals surface area (Å²) >= 11 is 0. The zero-order chi connectivity index (χ0) is 16.3. The zero-order valence-corrected chi connectivity index (χ0v) is 10.1. The minimum Gasteiger partial charge on any atom is -0.203 e. The summed E-state index contributed by atoms with van der Waals surface area (Å²) in [5.74, 6) is -18.1. The molecule has 0 saturated heterocycles. The Bertz CT molecular complexity index is 884. The van der Waals surface area contributed by atoms with Crippen LogP contribution in [0.3, 0.4) is 0 Å². The van der Waals surface area contributed by atoms with Gasteiger partial charge in [0.1, 0.15) is 4.90 Å². The highest BCUT2D eigenvalue weighted by Crippen LogP contribution is 2.36. The number of halogens is 7. The standard InChI is InChI=1S/C10F7O3S/c11-3-1-2(5(13)7(15)6(3)14)10(21(18,19)20)9(17)8(16)4(1)12. The summed E-state index contributed by atoms with van der Waals surface area (Å²) in [5.41, 5.74) is 0. The second kappa shape index (κ2) is 4.56. The van der Waals surface area contributed by atoms with E-state index < -0.39 is 66.5 Å². The van der Waals surface area contributed by atoms with Crippen LogP contribution in [0, 0.1) is 40.7 Å². The third-order valence-corrected chi connectivity index (χ3v) is 3.43. The fourth-order valence-electron chi connectivity index (χ4n) is 1.70. The highest BCUT2D eigenvalue weighted by molar-refractivity contribution is 7.85. The molecule has 0 aliphatic heterocycles. The molecule has 0 N–H and O–H groups in total. The molecule has 0 aliphatic rings. The first-order valence-corrected chi connectivity index (χ1v) is 6.19. The van der Waals surface area contributed by atoms with Crippen LogP contribution in [0.2, 0.25) is 0 Å². The molecule has 2 rings (SSSR count). The molecule has 21 heavy (non-hydrogen) atoms. The fraction of sp³-hybridized carbons (Fsp3) is 0. The van der Waals surface area contributed by atoms with Crippen LogP contribution in [0.15, 0.2) is 4.90 Å². The predicted octanol–water partition coefficient (Wildman–Crippen LogP) is 2.93. The van der Waals surface area contributed by atoms with E-state index in [2.05, 4.69) is 0 Å². The smallest absolute Gasteiger partial charge is 0.203 e. The minimum absolute atomic E-state index is 2.03. The van der Waals surface area contributed by atoms with Crippen molar-refractivity contribution in [2.45, 2.75) is 4.90 Å². The quantitative estimate of drug-likeness (QED) is 0.458. The molecule has 0 unspecified atom stereocenters. The molecule has 2 aromatic rings. The van der Waals surface area contributed by atoms with Gasteiger partial charge in [0.25, 0.3) is 0 Å². The number of hydrogen-bond donors (Lipinski definition) is 0. The molecule has 3 nitrogen and oxygen atoms in total. The van der Waals surface area contributed by atoms with Gasteiger partial charge in [-0.2, -0.15) is 8.42 Å². The lowest BCUT2D eigenvalue weighted by Gasteiger charge is -2.10. The Morgan fingerprint density at radius 1 is 0.524 bits per heavy atom. The summed E-state index contributed by atoms with van der Waals surface area (Å²) in [7, 11) is -6.00. The Kier molecular flexibility index (Phi) is 3.37. The first-order valence-electron chi connectivity index (χ1n) is 4.78. The van der Waals surface area contributed by atoms with Crippen LogP contribution in [0.4, 0.5) is 30.7 Å². The van der Waals surface area contributed by atoms with E-state index in [1.807, 2.05) is 0 Å². The van der Waals surface area contributed by atoms with Gasteiger partial charge in [0.2, 0.25) is 0 Å². The molecule has 0 atom stereocenters.